The molecule has 3 aromatic rings. The Labute approximate surface area is 182 Å². The smallest absolute Gasteiger partial charge is 0.317 e. The van der Waals surface area contributed by atoms with Crippen molar-refractivity contribution in [2.24, 2.45) is 0 Å². The minimum Gasteiger partial charge on any atom is -0.496 e. The maximum Gasteiger partial charge on any atom is 0.317 e. The lowest BCUT2D eigenvalue weighted by atomic mass is 10.1. The molecule has 31 heavy (non-hydrogen) atoms. The van der Waals surface area contributed by atoms with Crippen molar-refractivity contribution in [2.45, 2.75) is 20.4 Å². The standard InChI is InChI=1S/C24H28N4O3/c1-17-5-4-6-19(13-17)15-26-24(29)28-11-9-27(10-12-28)20-7-8-21(22(14-20)30-3)23-16-25-18(2)31-23/h4-8,13-14,16H,9-12,15H2,1-3H3,(H,26,29). The third-order valence-electron chi connectivity index (χ3n) is 5.53. The van der Waals surface area contributed by atoms with Crippen LogP contribution in [0.4, 0.5) is 10.5 Å². The molecule has 1 aliphatic heterocycles. The lowest BCUT2D eigenvalue weighted by molar-refractivity contribution is 0.194. The van der Waals surface area contributed by atoms with Gasteiger partial charge in [0.15, 0.2) is 11.7 Å². The van der Waals surface area contributed by atoms with Crippen molar-refractivity contribution in [3.05, 3.63) is 65.7 Å². The predicted molar refractivity (Wildman–Crippen MR) is 120 cm³/mol. The zero-order valence-electron chi connectivity index (χ0n) is 18.2. The number of rotatable bonds is 5. The summed E-state index contributed by atoms with van der Waals surface area (Å²) in [6, 6.07) is 14.2. The first-order valence-electron chi connectivity index (χ1n) is 10.5. The van der Waals surface area contributed by atoms with Gasteiger partial charge in [-0.2, -0.15) is 0 Å². The summed E-state index contributed by atoms with van der Waals surface area (Å²) in [6.07, 6.45) is 1.71. The number of aryl methyl sites for hydroxylation is 2. The number of anilines is 1. The second-order valence-electron chi connectivity index (χ2n) is 7.75. The van der Waals surface area contributed by atoms with Crippen LogP contribution in [0, 0.1) is 13.8 Å². The summed E-state index contributed by atoms with van der Waals surface area (Å²) in [5, 5.41) is 3.03. The van der Waals surface area contributed by atoms with Gasteiger partial charge in [-0.15, -0.1) is 0 Å². The molecule has 7 nitrogen and oxygen atoms in total. The van der Waals surface area contributed by atoms with Gasteiger partial charge in [0.25, 0.3) is 0 Å². The number of piperazine rings is 1. The molecule has 2 heterocycles. The van der Waals surface area contributed by atoms with Gasteiger partial charge in [-0.25, -0.2) is 9.78 Å². The van der Waals surface area contributed by atoms with E-state index < -0.39 is 0 Å². The number of amides is 2. The van der Waals surface area contributed by atoms with E-state index >= 15 is 0 Å². The highest BCUT2D eigenvalue weighted by molar-refractivity contribution is 5.75. The maximum atomic E-state index is 12.6. The molecule has 2 amide bonds. The van der Waals surface area contributed by atoms with Gasteiger partial charge in [-0.05, 0) is 24.6 Å². The van der Waals surface area contributed by atoms with E-state index in [-0.39, 0.29) is 6.03 Å². The molecule has 0 saturated carbocycles. The number of oxazole rings is 1. The monoisotopic (exact) mass is 420 g/mol. The molecule has 0 spiro atoms. The summed E-state index contributed by atoms with van der Waals surface area (Å²) in [7, 11) is 1.66. The molecule has 0 aliphatic carbocycles. The Kier molecular flexibility index (Phi) is 6.11. The molecule has 7 heteroatoms. The number of hydrogen-bond acceptors (Lipinski definition) is 5. The van der Waals surface area contributed by atoms with Crippen LogP contribution in [-0.4, -0.2) is 49.2 Å². The first-order valence-corrected chi connectivity index (χ1v) is 10.5. The summed E-state index contributed by atoms with van der Waals surface area (Å²) in [4.78, 5) is 20.9. The number of aromatic nitrogens is 1. The van der Waals surface area contributed by atoms with Crippen molar-refractivity contribution >= 4 is 11.7 Å². The zero-order valence-corrected chi connectivity index (χ0v) is 18.2. The van der Waals surface area contributed by atoms with Crippen LogP contribution in [0.3, 0.4) is 0 Å². The molecule has 1 saturated heterocycles. The van der Waals surface area contributed by atoms with Crippen LogP contribution in [-0.2, 0) is 6.54 Å². The number of ether oxygens (including phenoxy) is 1. The quantitative estimate of drug-likeness (QED) is 0.676. The molecule has 0 unspecified atom stereocenters. The van der Waals surface area contributed by atoms with Crippen molar-refractivity contribution in [1.82, 2.24) is 15.2 Å². The average molecular weight is 421 g/mol. The molecular formula is C24H28N4O3. The van der Waals surface area contributed by atoms with Crippen LogP contribution in [0.25, 0.3) is 11.3 Å². The van der Waals surface area contributed by atoms with E-state index in [0.717, 1.165) is 35.7 Å². The third-order valence-corrected chi connectivity index (χ3v) is 5.53. The largest absolute Gasteiger partial charge is 0.496 e. The number of nitrogens with zero attached hydrogens (tertiary/aromatic N) is 3. The van der Waals surface area contributed by atoms with Crippen molar-refractivity contribution < 1.29 is 13.9 Å². The van der Waals surface area contributed by atoms with Crippen molar-refractivity contribution in [1.29, 1.82) is 0 Å². The van der Waals surface area contributed by atoms with Crippen molar-refractivity contribution in [3.63, 3.8) is 0 Å². The van der Waals surface area contributed by atoms with Crippen LogP contribution in [0.2, 0.25) is 0 Å². The van der Waals surface area contributed by atoms with Crippen molar-refractivity contribution in [3.8, 4) is 17.1 Å². The van der Waals surface area contributed by atoms with Gasteiger partial charge < -0.3 is 24.3 Å². The normalized spacial score (nSPS) is 13.9. The molecule has 0 bridgehead atoms. The number of carbonyl (C=O) groups excluding carboxylic acids is 1. The lowest BCUT2D eigenvalue weighted by Gasteiger charge is -2.36. The first-order chi connectivity index (χ1) is 15.0. The summed E-state index contributed by atoms with van der Waals surface area (Å²) in [5.41, 5.74) is 4.25. The molecule has 1 fully saturated rings. The van der Waals surface area contributed by atoms with Gasteiger partial charge in [-0.3, -0.25) is 0 Å². The molecule has 0 atom stereocenters. The van der Waals surface area contributed by atoms with Gasteiger partial charge in [0.2, 0.25) is 0 Å². The molecule has 0 radical (unpaired) electrons. The fourth-order valence-corrected chi connectivity index (χ4v) is 3.85. The Hall–Kier alpha value is -3.48. The molecule has 1 N–H and O–H groups in total. The molecule has 2 aromatic carbocycles. The predicted octanol–water partition coefficient (Wildman–Crippen LogP) is 4.00. The fourth-order valence-electron chi connectivity index (χ4n) is 3.85. The average Bonchev–Trinajstić information content (AvgIpc) is 3.23. The number of methoxy groups -OCH3 is 1. The number of hydrogen-bond donors (Lipinski definition) is 1. The Morgan fingerprint density at radius 2 is 1.94 bits per heavy atom. The number of benzene rings is 2. The van der Waals surface area contributed by atoms with E-state index in [1.807, 2.05) is 36.1 Å². The van der Waals surface area contributed by atoms with Crippen molar-refractivity contribution in [2.75, 3.05) is 38.2 Å². The van der Waals surface area contributed by atoms with Crippen LogP contribution in [0.5, 0.6) is 5.75 Å². The number of urea groups is 1. The summed E-state index contributed by atoms with van der Waals surface area (Å²) < 4.78 is 11.2. The van der Waals surface area contributed by atoms with Crippen LogP contribution in [0.1, 0.15) is 17.0 Å². The Morgan fingerprint density at radius 1 is 1.13 bits per heavy atom. The van der Waals surface area contributed by atoms with Gasteiger partial charge in [0, 0.05) is 51.4 Å². The van der Waals surface area contributed by atoms with Crippen LogP contribution < -0.4 is 15.0 Å². The maximum absolute atomic E-state index is 12.6. The number of nitrogens with one attached hydrogen (secondary N) is 1. The van der Waals surface area contributed by atoms with Crippen LogP contribution >= 0.6 is 0 Å². The van der Waals surface area contributed by atoms with Gasteiger partial charge in [0.1, 0.15) is 5.75 Å². The minimum atomic E-state index is -0.0187. The molecule has 1 aliphatic rings. The van der Waals surface area contributed by atoms with Gasteiger partial charge in [0.05, 0.1) is 18.9 Å². The van der Waals surface area contributed by atoms with E-state index in [9.17, 15) is 4.79 Å². The van der Waals surface area contributed by atoms with E-state index in [4.69, 9.17) is 9.15 Å². The summed E-state index contributed by atoms with van der Waals surface area (Å²) >= 11 is 0. The van der Waals surface area contributed by atoms with E-state index in [1.54, 1.807) is 13.3 Å². The van der Waals surface area contributed by atoms with Gasteiger partial charge >= 0.3 is 6.03 Å². The molecule has 162 valence electrons. The highest BCUT2D eigenvalue weighted by Gasteiger charge is 2.22. The Bertz CT molecular complexity index is 1050. The highest BCUT2D eigenvalue weighted by atomic mass is 16.5. The second-order valence-corrected chi connectivity index (χ2v) is 7.75. The molecule has 4 rings (SSSR count). The highest BCUT2D eigenvalue weighted by Crippen LogP contribution is 2.34. The topological polar surface area (TPSA) is 70.8 Å². The number of carbonyl (C=O) groups is 1. The fraction of sp³-hybridized carbons (Fsp3) is 0.333. The summed E-state index contributed by atoms with van der Waals surface area (Å²) in [5.74, 6) is 2.06. The van der Waals surface area contributed by atoms with Crippen LogP contribution in [0.15, 0.2) is 53.1 Å². The van der Waals surface area contributed by atoms with E-state index in [1.165, 1.54) is 5.56 Å². The van der Waals surface area contributed by atoms with E-state index in [2.05, 4.69) is 40.3 Å². The van der Waals surface area contributed by atoms with Gasteiger partial charge in [-0.1, -0.05) is 29.8 Å². The van der Waals surface area contributed by atoms with E-state index in [0.29, 0.717) is 31.3 Å². The second kappa shape index (κ2) is 9.12. The Morgan fingerprint density at radius 3 is 2.61 bits per heavy atom. The summed E-state index contributed by atoms with van der Waals surface area (Å²) in [6.45, 7) is 7.29. The first kappa shape index (κ1) is 20.8. The zero-order chi connectivity index (χ0) is 21.8. The third kappa shape index (κ3) is 4.82. The SMILES string of the molecule is COc1cc(N2CCN(C(=O)NCc3cccc(C)c3)CC2)ccc1-c1cnc(C)o1. The molecular weight excluding hydrogens is 392 g/mol. The lowest BCUT2D eigenvalue weighted by Crippen LogP contribution is -2.51. The minimum absolute atomic E-state index is 0.0187. The Balaban J connectivity index is 1.35. The molecule has 1 aromatic heterocycles.